The van der Waals surface area contributed by atoms with Crippen LogP contribution in [0.4, 0.5) is 4.39 Å². The molecule has 1 aliphatic heterocycles. The highest BCUT2D eigenvalue weighted by Crippen LogP contribution is 2.21. The van der Waals surface area contributed by atoms with Crippen LogP contribution < -0.4 is 10.1 Å². The molecule has 0 aromatic carbocycles. The van der Waals surface area contributed by atoms with Crippen molar-refractivity contribution in [3.8, 4) is 5.88 Å². The summed E-state index contributed by atoms with van der Waals surface area (Å²) in [6.07, 6.45) is 0.282. The van der Waals surface area contributed by atoms with Crippen LogP contribution in [0.5, 0.6) is 5.88 Å². The van der Waals surface area contributed by atoms with Crippen molar-refractivity contribution in [2.75, 3.05) is 13.1 Å². The number of aryl methyl sites for hydroxylation is 1. The predicted octanol–water partition coefficient (Wildman–Crippen LogP) is 1.84. The number of nitrogens with zero attached hydrogens (tertiary/aromatic N) is 1. The molecule has 0 aliphatic carbocycles. The molecule has 2 atom stereocenters. The van der Waals surface area contributed by atoms with E-state index in [9.17, 15) is 4.39 Å². The molecule has 0 spiro atoms. The number of rotatable bonds is 2. The van der Waals surface area contributed by atoms with E-state index in [-0.39, 0.29) is 0 Å². The fourth-order valence-electron chi connectivity index (χ4n) is 1.53. The molecule has 2 rings (SSSR count). The number of aromatic nitrogens is 1. The molecule has 2 unspecified atom stereocenters. The number of ether oxygens (including phenoxy) is 1. The summed E-state index contributed by atoms with van der Waals surface area (Å²) in [6.45, 7) is 2.79. The van der Waals surface area contributed by atoms with Gasteiger partial charge in [0.25, 0.3) is 0 Å². The Balaban J connectivity index is 2.10. The van der Waals surface area contributed by atoms with Crippen LogP contribution in [0.3, 0.4) is 0 Å². The van der Waals surface area contributed by atoms with Gasteiger partial charge in [-0.15, -0.1) is 0 Å². The molecule has 0 amide bonds. The summed E-state index contributed by atoms with van der Waals surface area (Å²) in [6, 6.07) is 1.90. The molecule has 1 aromatic rings. The van der Waals surface area contributed by atoms with Gasteiger partial charge >= 0.3 is 0 Å². The normalized spacial score (nSPS) is 25.5. The fraction of sp³-hybridized carbons (Fsp3) is 0.500. The Labute approximate surface area is 96.2 Å². The summed E-state index contributed by atoms with van der Waals surface area (Å²) >= 11 is 3.32. The van der Waals surface area contributed by atoms with Crippen molar-refractivity contribution in [1.29, 1.82) is 0 Å². The minimum Gasteiger partial charge on any atom is -0.470 e. The summed E-state index contributed by atoms with van der Waals surface area (Å²) in [4.78, 5) is 4.11. The van der Waals surface area contributed by atoms with Crippen LogP contribution in [-0.4, -0.2) is 30.3 Å². The Morgan fingerprint density at radius 3 is 3.00 bits per heavy atom. The van der Waals surface area contributed by atoms with Crippen molar-refractivity contribution in [2.24, 2.45) is 0 Å². The second-order valence-corrected chi connectivity index (χ2v) is 4.52. The van der Waals surface area contributed by atoms with E-state index in [1.54, 1.807) is 6.20 Å². The lowest BCUT2D eigenvalue weighted by Crippen LogP contribution is -2.27. The Hall–Kier alpha value is -0.680. The second-order valence-electron chi connectivity index (χ2n) is 3.61. The van der Waals surface area contributed by atoms with E-state index in [4.69, 9.17) is 4.74 Å². The van der Waals surface area contributed by atoms with Gasteiger partial charge in [-0.3, -0.25) is 0 Å². The maximum atomic E-state index is 13.3. The first kappa shape index (κ1) is 10.8. The van der Waals surface area contributed by atoms with Gasteiger partial charge in [0.15, 0.2) is 6.17 Å². The minimum atomic E-state index is -0.949. The van der Waals surface area contributed by atoms with E-state index in [2.05, 4.69) is 26.2 Å². The van der Waals surface area contributed by atoms with Gasteiger partial charge in [-0.1, -0.05) is 0 Å². The molecule has 15 heavy (non-hydrogen) atoms. The van der Waals surface area contributed by atoms with Crippen molar-refractivity contribution >= 4 is 15.9 Å². The van der Waals surface area contributed by atoms with Crippen LogP contribution >= 0.6 is 15.9 Å². The molecular formula is C10H12BrFN2O. The summed E-state index contributed by atoms with van der Waals surface area (Å²) in [5, 5.41) is 2.94. The zero-order valence-electron chi connectivity index (χ0n) is 8.34. The molecular weight excluding hydrogens is 263 g/mol. The van der Waals surface area contributed by atoms with Crippen molar-refractivity contribution in [3.63, 3.8) is 0 Å². The number of alkyl halides is 1. The monoisotopic (exact) mass is 274 g/mol. The summed E-state index contributed by atoms with van der Waals surface area (Å²) in [5.74, 6) is 0.509. The van der Waals surface area contributed by atoms with E-state index < -0.39 is 12.3 Å². The highest BCUT2D eigenvalue weighted by molar-refractivity contribution is 9.10. The highest BCUT2D eigenvalue weighted by Gasteiger charge is 2.29. The topological polar surface area (TPSA) is 34.1 Å². The molecule has 1 saturated heterocycles. The largest absolute Gasteiger partial charge is 0.470 e. The number of hydrogen-bond acceptors (Lipinski definition) is 3. The zero-order valence-corrected chi connectivity index (χ0v) is 9.92. The van der Waals surface area contributed by atoms with Gasteiger partial charge in [0.2, 0.25) is 5.88 Å². The van der Waals surface area contributed by atoms with E-state index in [1.165, 1.54) is 0 Å². The Morgan fingerprint density at radius 1 is 1.60 bits per heavy atom. The predicted molar refractivity (Wildman–Crippen MR) is 58.9 cm³/mol. The van der Waals surface area contributed by atoms with E-state index in [0.29, 0.717) is 19.0 Å². The Bertz CT molecular complexity index is 361. The lowest BCUT2D eigenvalue weighted by atomic mass is 10.2. The standard InChI is InChI=1S/C10H12BrFN2O/c1-6-2-7(11)3-14-10(6)15-9-5-13-4-8(9)12/h2-3,8-9,13H,4-5H2,1H3. The maximum Gasteiger partial charge on any atom is 0.216 e. The second kappa shape index (κ2) is 4.45. The van der Waals surface area contributed by atoms with Crippen molar-refractivity contribution in [1.82, 2.24) is 10.3 Å². The van der Waals surface area contributed by atoms with Gasteiger partial charge in [0.1, 0.15) is 6.10 Å². The third-order valence-corrected chi connectivity index (χ3v) is 2.78. The van der Waals surface area contributed by atoms with E-state index in [1.807, 2.05) is 13.0 Å². The molecule has 0 saturated carbocycles. The van der Waals surface area contributed by atoms with Crippen molar-refractivity contribution in [2.45, 2.75) is 19.2 Å². The number of pyridine rings is 1. The van der Waals surface area contributed by atoms with Gasteiger partial charge in [-0.2, -0.15) is 0 Å². The lowest BCUT2D eigenvalue weighted by Gasteiger charge is -2.15. The smallest absolute Gasteiger partial charge is 0.216 e. The van der Waals surface area contributed by atoms with E-state index >= 15 is 0 Å². The van der Waals surface area contributed by atoms with Crippen LogP contribution in [0.1, 0.15) is 5.56 Å². The molecule has 1 fully saturated rings. The van der Waals surface area contributed by atoms with Crippen molar-refractivity contribution in [3.05, 3.63) is 22.3 Å². The first-order valence-corrected chi connectivity index (χ1v) is 5.59. The van der Waals surface area contributed by atoms with Crippen LogP contribution in [-0.2, 0) is 0 Å². The quantitative estimate of drug-likeness (QED) is 0.894. The summed E-state index contributed by atoms with van der Waals surface area (Å²) in [5.41, 5.74) is 0.906. The van der Waals surface area contributed by atoms with Crippen LogP contribution in [0.15, 0.2) is 16.7 Å². The number of hydrogen-bond donors (Lipinski definition) is 1. The fourth-order valence-corrected chi connectivity index (χ4v) is 1.98. The third kappa shape index (κ3) is 2.46. The molecule has 1 aliphatic rings. The van der Waals surface area contributed by atoms with Gasteiger partial charge in [-0.05, 0) is 28.9 Å². The average molecular weight is 275 g/mol. The van der Waals surface area contributed by atoms with E-state index in [0.717, 1.165) is 10.0 Å². The number of halogens is 2. The summed E-state index contributed by atoms with van der Waals surface area (Å²) < 4.78 is 19.7. The Morgan fingerprint density at radius 2 is 2.40 bits per heavy atom. The molecule has 82 valence electrons. The molecule has 1 N–H and O–H groups in total. The maximum absolute atomic E-state index is 13.3. The van der Waals surface area contributed by atoms with Gasteiger partial charge in [0, 0.05) is 29.3 Å². The van der Waals surface area contributed by atoms with Crippen molar-refractivity contribution < 1.29 is 9.13 Å². The number of nitrogens with one attached hydrogen (secondary N) is 1. The first-order chi connectivity index (χ1) is 7.16. The van der Waals surface area contributed by atoms with Gasteiger partial charge < -0.3 is 10.1 Å². The van der Waals surface area contributed by atoms with Crippen LogP contribution in [0.2, 0.25) is 0 Å². The van der Waals surface area contributed by atoms with Gasteiger partial charge in [0.05, 0.1) is 0 Å². The Kier molecular flexibility index (Phi) is 3.21. The van der Waals surface area contributed by atoms with Gasteiger partial charge in [-0.25, -0.2) is 9.37 Å². The minimum absolute atomic E-state index is 0.361. The highest BCUT2D eigenvalue weighted by atomic mass is 79.9. The van der Waals surface area contributed by atoms with Crippen LogP contribution in [0.25, 0.3) is 0 Å². The van der Waals surface area contributed by atoms with Crippen LogP contribution in [0, 0.1) is 6.92 Å². The summed E-state index contributed by atoms with van der Waals surface area (Å²) in [7, 11) is 0. The molecule has 3 nitrogen and oxygen atoms in total. The molecule has 0 radical (unpaired) electrons. The molecule has 5 heteroatoms. The molecule has 0 bridgehead atoms. The third-order valence-electron chi connectivity index (χ3n) is 2.35. The lowest BCUT2D eigenvalue weighted by molar-refractivity contribution is 0.133. The zero-order chi connectivity index (χ0) is 10.8. The molecule has 2 heterocycles. The SMILES string of the molecule is Cc1cc(Br)cnc1OC1CNCC1F. The first-order valence-electron chi connectivity index (χ1n) is 4.80. The molecule has 1 aromatic heterocycles. The average Bonchev–Trinajstić information content (AvgIpc) is 2.57.